The van der Waals surface area contributed by atoms with Crippen LogP contribution >= 0.6 is 11.3 Å². The summed E-state index contributed by atoms with van der Waals surface area (Å²) in [5.74, 6) is 1.23. The lowest BCUT2D eigenvalue weighted by molar-refractivity contribution is 0.105. The Bertz CT molecular complexity index is 1180. The number of carbonyl (C=O) groups is 1. The number of ketones is 1. The van der Waals surface area contributed by atoms with Crippen LogP contribution in [0.4, 0.5) is 0 Å². The maximum atomic E-state index is 12.4. The van der Waals surface area contributed by atoms with Crippen LogP contribution in [-0.2, 0) is 0 Å². The summed E-state index contributed by atoms with van der Waals surface area (Å²) in [5, 5.41) is 6.68. The molecular weight excluding hydrogens is 396 g/mol. The summed E-state index contributed by atoms with van der Waals surface area (Å²) in [6, 6.07) is 19.2. The lowest BCUT2D eigenvalue weighted by atomic mass is 10.1. The van der Waals surface area contributed by atoms with Gasteiger partial charge in [0.05, 0.1) is 24.8 Å². The first-order valence-corrected chi connectivity index (χ1v) is 10.2. The SMILES string of the molecule is COc1ccc(-c2nn(-c3ccccc3)cc2C=CC(=O)c2cccs2)cc1OC. The van der Waals surface area contributed by atoms with Crippen LogP contribution in [0.1, 0.15) is 15.2 Å². The van der Waals surface area contributed by atoms with E-state index in [1.165, 1.54) is 11.3 Å². The third-order valence-electron chi connectivity index (χ3n) is 4.60. The standard InChI is InChI=1S/C24H20N2O3S/c1-28-21-13-11-17(15-22(21)29-2)24-18(10-12-20(27)23-9-6-14-30-23)16-26(25-24)19-7-4-3-5-8-19/h3-16H,1-2H3. The number of para-hydroxylation sites is 1. The van der Waals surface area contributed by atoms with Gasteiger partial charge in [0.1, 0.15) is 5.69 Å². The van der Waals surface area contributed by atoms with Gasteiger partial charge in [-0.2, -0.15) is 5.10 Å². The fraction of sp³-hybridized carbons (Fsp3) is 0.0833. The van der Waals surface area contributed by atoms with Gasteiger partial charge in [0.2, 0.25) is 0 Å². The van der Waals surface area contributed by atoms with E-state index < -0.39 is 0 Å². The average Bonchev–Trinajstić information content (AvgIpc) is 3.48. The largest absolute Gasteiger partial charge is 0.493 e. The summed E-state index contributed by atoms with van der Waals surface area (Å²) in [4.78, 5) is 13.2. The van der Waals surface area contributed by atoms with Gasteiger partial charge < -0.3 is 9.47 Å². The van der Waals surface area contributed by atoms with Crippen molar-refractivity contribution in [3.05, 3.63) is 88.8 Å². The Morgan fingerprint density at radius 2 is 1.80 bits per heavy atom. The van der Waals surface area contributed by atoms with Crippen LogP contribution in [0.5, 0.6) is 11.5 Å². The fourth-order valence-electron chi connectivity index (χ4n) is 3.10. The maximum absolute atomic E-state index is 12.4. The highest BCUT2D eigenvalue weighted by Crippen LogP contribution is 2.33. The molecule has 0 amide bonds. The fourth-order valence-corrected chi connectivity index (χ4v) is 3.74. The molecule has 0 aliphatic carbocycles. The van der Waals surface area contributed by atoms with Crippen molar-refractivity contribution in [3.63, 3.8) is 0 Å². The first-order chi connectivity index (χ1) is 14.7. The Kier molecular flexibility index (Phi) is 5.77. The van der Waals surface area contributed by atoms with Crippen molar-refractivity contribution in [2.45, 2.75) is 0 Å². The number of allylic oxidation sites excluding steroid dienone is 1. The van der Waals surface area contributed by atoms with Crippen LogP contribution in [0.3, 0.4) is 0 Å². The van der Waals surface area contributed by atoms with Crippen LogP contribution in [0.15, 0.2) is 78.3 Å². The minimum absolute atomic E-state index is 0.0317. The molecule has 4 rings (SSSR count). The van der Waals surface area contributed by atoms with Crippen molar-refractivity contribution in [1.82, 2.24) is 9.78 Å². The number of thiophene rings is 1. The van der Waals surface area contributed by atoms with Gasteiger partial charge in [-0.3, -0.25) is 4.79 Å². The summed E-state index contributed by atoms with van der Waals surface area (Å²) >= 11 is 1.43. The molecule has 0 radical (unpaired) electrons. The van der Waals surface area contributed by atoms with Crippen LogP contribution < -0.4 is 9.47 Å². The van der Waals surface area contributed by atoms with Crippen molar-refractivity contribution in [2.24, 2.45) is 0 Å². The zero-order chi connectivity index (χ0) is 20.9. The summed E-state index contributed by atoms with van der Waals surface area (Å²) in [5.41, 5.74) is 3.38. The zero-order valence-corrected chi connectivity index (χ0v) is 17.4. The molecule has 4 aromatic rings. The predicted octanol–water partition coefficient (Wildman–Crippen LogP) is 5.51. The highest BCUT2D eigenvalue weighted by molar-refractivity contribution is 7.12. The zero-order valence-electron chi connectivity index (χ0n) is 16.6. The molecule has 0 atom stereocenters. The Hall–Kier alpha value is -3.64. The van der Waals surface area contributed by atoms with Gasteiger partial charge in [0.25, 0.3) is 0 Å². The summed E-state index contributed by atoms with van der Waals surface area (Å²) in [6.07, 6.45) is 5.31. The summed E-state index contributed by atoms with van der Waals surface area (Å²) in [6.45, 7) is 0. The van der Waals surface area contributed by atoms with Gasteiger partial charge in [-0.1, -0.05) is 24.3 Å². The monoisotopic (exact) mass is 416 g/mol. The predicted molar refractivity (Wildman–Crippen MR) is 120 cm³/mol. The Labute approximate surface area is 178 Å². The molecule has 6 heteroatoms. The Balaban J connectivity index is 1.78. The van der Waals surface area contributed by atoms with Crippen LogP contribution in [0, 0.1) is 0 Å². The molecule has 2 aromatic carbocycles. The highest BCUT2D eigenvalue weighted by atomic mass is 32.1. The van der Waals surface area contributed by atoms with Crippen LogP contribution in [-0.4, -0.2) is 29.8 Å². The van der Waals surface area contributed by atoms with Gasteiger partial charge in [0, 0.05) is 17.3 Å². The van der Waals surface area contributed by atoms with Crippen molar-refractivity contribution >= 4 is 23.2 Å². The van der Waals surface area contributed by atoms with E-state index in [0.717, 1.165) is 22.5 Å². The molecule has 150 valence electrons. The number of hydrogen-bond donors (Lipinski definition) is 0. The smallest absolute Gasteiger partial charge is 0.195 e. The van der Waals surface area contributed by atoms with E-state index in [0.29, 0.717) is 16.4 Å². The number of rotatable bonds is 7. The average molecular weight is 417 g/mol. The number of carbonyl (C=O) groups excluding carboxylic acids is 1. The Morgan fingerprint density at radius 3 is 2.50 bits per heavy atom. The van der Waals surface area contributed by atoms with Crippen LogP contribution in [0.2, 0.25) is 0 Å². The second-order valence-electron chi connectivity index (χ2n) is 6.46. The van der Waals surface area contributed by atoms with Crippen LogP contribution in [0.25, 0.3) is 23.0 Å². The van der Waals surface area contributed by atoms with E-state index >= 15 is 0 Å². The molecule has 0 fully saturated rings. The van der Waals surface area contributed by atoms with Gasteiger partial charge >= 0.3 is 0 Å². The quantitative estimate of drug-likeness (QED) is 0.294. The lowest BCUT2D eigenvalue weighted by Gasteiger charge is -2.09. The number of benzene rings is 2. The molecule has 30 heavy (non-hydrogen) atoms. The van der Waals surface area contributed by atoms with E-state index in [1.807, 2.05) is 72.2 Å². The van der Waals surface area contributed by atoms with Crippen molar-refractivity contribution < 1.29 is 14.3 Å². The third-order valence-corrected chi connectivity index (χ3v) is 5.48. The third kappa shape index (κ3) is 4.04. The number of methoxy groups -OCH3 is 2. The van der Waals surface area contributed by atoms with E-state index in [9.17, 15) is 4.79 Å². The molecule has 5 nitrogen and oxygen atoms in total. The molecule has 2 aromatic heterocycles. The maximum Gasteiger partial charge on any atom is 0.195 e. The van der Waals surface area contributed by atoms with E-state index in [4.69, 9.17) is 14.6 Å². The van der Waals surface area contributed by atoms with E-state index in [-0.39, 0.29) is 5.78 Å². The number of ether oxygens (including phenoxy) is 2. The van der Waals surface area contributed by atoms with Gasteiger partial charge in [-0.25, -0.2) is 4.68 Å². The molecule has 0 aliphatic heterocycles. The van der Waals surface area contributed by atoms with Crippen molar-refractivity contribution in [3.8, 4) is 28.4 Å². The summed E-state index contributed by atoms with van der Waals surface area (Å²) < 4.78 is 12.6. The van der Waals surface area contributed by atoms with E-state index in [2.05, 4.69) is 0 Å². The lowest BCUT2D eigenvalue weighted by Crippen LogP contribution is -1.95. The number of aromatic nitrogens is 2. The summed E-state index contributed by atoms with van der Waals surface area (Å²) in [7, 11) is 3.21. The van der Waals surface area contributed by atoms with Gasteiger partial charge in [-0.15, -0.1) is 11.3 Å². The normalized spacial score (nSPS) is 11.0. The highest BCUT2D eigenvalue weighted by Gasteiger charge is 2.14. The first kappa shape index (κ1) is 19.7. The molecule has 0 bridgehead atoms. The Morgan fingerprint density at radius 1 is 1.00 bits per heavy atom. The minimum atomic E-state index is -0.0317. The van der Waals surface area contributed by atoms with E-state index in [1.54, 1.807) is 31.1 Å². The van der Waals surface area contributed by atoms with Crippen molar-refractivity contribution in [2.75, 3.05) is 14.2 Å². The molecule has 0 spiro atoms. The second-order valence-corrected chi connectivity index (χ2v) is 7.41. The molecule has 0 unspecified atom stereocenters. The topological polar surface area (TPSA) is 53.4 Å². The number of nitrogens with zero attached hydrogens (tertiary/aromatic N) is 2. The molecule has 2 heterocycles. The second kappa shape index (κ2) is 8.80. The molecular formula is C24H20N2O3S. The molecule has 0 saturated carbocycles. The van der Waals surface area contributed by atoms with Crippen molar-refractivity contribution in [1.29, 1.82) is 0 Å². The minimum Gasteiger partial charge on any atom is -0.493 e. The first-order valence-electron chi connectivity index (χ1n) is 9.33. The molecule has 0 aliphatic rings. The molecule has 0 N–H and O–H groups in total. The molecule has 0 saturated heterocycles. The van der Waals surface area contributed by atoms with Gasteiger partial charge in [0.15, 0.2) is 17.3 Å². The number of hydrogen-bond acceptors (Lipinski definition) is 5. The van der Waals surface area contributed by atoms with Gasteiger partial charge in [-0.05, 0) is 53.9 Å².